The lowest BCUT2D eigenvalue weighted by Gasteiger charge is -2.36. The monoisotopic (exact) mass is 256 g/mol. The van der Waals surface area contributed by atoms with Gasteiger partial charge in [0.1, 0.15) is 6.04 Å². The van der Waals surface area contributed by atoms with Crippen molar-refractivity contribution in [2.45, 2.75) is 44.2 Å². The molecule has 0 aromatic carbocycles. The van der Waals surface area contributed by atoms with E-state index in [1.807, 2.05) is 6.92 Å². The van der Waals surface area contributed by atoms with Gasteiger partial charge in [-0.2, -0.15) is 0 Å². The van der Waals surface area contributed by atoms with Gasteiger partial charge in [-0.1, -0.05) is 0 Å². The number of ether oxygens (including phenoxy) is 1. The number of carbonyl (C=O) groups excluding carboxylic acids is 1. The second-order valence-electron chi connectivity index (χ2n) is 5.29. The molecule has 0 radical (unpaired) electrons. The van der Waals surface area contributed by atoms with Gasteiger partial charge in [0, 0.05) is 25.3 Å². The van der Waals surface area contributed by atoms with Crippen molar-refractivity contribution in [3.05, 3.63) is 0 Å². The SMILES string of the molecule is CC1(NC(=O)N2CCCC2C(=O)O)CCOCC1. The molecule has 6 heteroatoms. The van der Waals surface area contributed by atoms with E-state index in [-0.39, 0.29) is 11.6 Å². The smallest absolute Gasteiger partial charge is 0.326 e. The van der Waals surface area contributed by atoms with Crippen molar-refractivity contribution in [1.82, 2.24) is 10.2 Å². The largest absolute Gasteiger partial charge is 0.480 e. The first-order chi connectivity index (χ1) is 8.52. The van der Waals surface area contributed by atoms with Gasteiger partial charge in [0.05, 0.1) is 0 Å². The van der Waals surface area contributed by atoms with Gasteiger partial charge in [-0.25, -0.2) is 9.59 Å². The maximum atomic E-state index is 12.1. The lowest BCUT2D eigenvalue weighted by molar-refractivity contribution is -0.141. The van der Waals surface area contributed by atoms with E-state index < -0.39 is 12.0 Å². The number of hydrogen-bond donors (Lipinski definition) is 2. The third kappa shape index (κ3) is 2.75. The summed E-state index contributed by atoms with van der Waals surface area (Å²) in [6, 6.07) is -0.933. The molecule has 2 saturated heterocycles. The van der Waals surface area contributed by atoms with E-state index in [9.17, 15) is 9.59 Å². The summed E-state index contributed by atoms with van der Waals surface area (Å²) in [7, 11) is 0. The molecule has 0 aliphatic carbocycles. The molecule has 1 atom stereocenters. The zero-order valence-corrected chi connectivity index (χ0v) is 10.6. The number of nitrogens with zero attached hydrogens (tertiary/aromatic N) is 1. The number of nitrogens with one attached hydrogen (secondary N) is 1. The minimum Gasteiger partial charge on any atom is -0.480 e. The Kier molecular flexibility index (Phi) is 3.75. The zero-order valence-electron chi connectivity index (χ0n) is 10.6. The molecule has 2 aliphatic rings. The van der Waals surface area contributed by atoms with Crippen LogP contribution in [0.4, 0.5) is 4.79 Å². The second kappa shape index (κ2) is 5.14. The van der Waals surface area contributed by atoms with Crippen LogP contribution >= 0.6 is 0 Å². The summed E-state index contributed by atoms with van der Waals surface area (Å²) in [4.78, 5) is 24.6. The Balaban J connectivity index is 1.96. The normalized spacial score (nSPS) is 26.9. The molecule has 0 aromatic rings. The van der Waals surface area contributed by atoms with E-state index in [4.69, 9.17) is 9.84 Å². The van der Waals surface area contributed by atoms with Crippen molar-refractivity contribution in [3.8, 4) is 0 Å². The average Bonchev–Trinajstić information content (AvgIpc) is 2.78. The van der Waals surface area contributed by atoms with Crippen LogP contribution in [0.1, 0.15) is 32.6 Å². The maximum Gasteiger partial charge on any atom is 0.326 e. The van der Waals surface area contributed by atoms with Crippen LogP contribution in [0.2, 0.25) is 0 Å². The number of carbonyl (C=O) groups is 2. The number of likely N-dealkylation sites (tertiary alicyclic amines) is 1. The summed E-state index contributed by atoms with van der Waals surface area (Å²) < 4.78 is 5.27. The topological polar surface area (TPSA) is 78.9 Å². The lowest BCUT2D eigenvalue weighted by Crippen LogP contribution is -2.55. The van der Waals surface area contributed by atoms with Crippen molar-refractivity contribution in [2.75, 3.05) is 19.8 Å². The van der Waals surface area contributed by atoms with Crippen LogP contribution in [0, 0.1) is 0 Å². The zero-order chi connectivity index (χ0) is 13.2. The van der Waals surface area contributed by atoms with Gasteiger partial charge in [0.15, 0.2) is 0 Å². The number of carboxylic acids is 1. The Morgan fingerprint density at radius 1 is 1.39 bits per heavy atom. The molecule has 102 valence electrons. The summed E-state index contributed by atoms with van der Waals surface area (Å²) in [6.07, 6.45) is 2.83. The quantitative estimate of drug-likeness (QED) is 0.766. The predicted molar refractivity (Wildman–Crippen MR) is 64.4 cm³/mol. The molecule has 0 saturated carbocycles. The van der Waals surface area contributed by atoms with Crippen LogP contribution in [0.25, 0.3) is 0 Å². The van der Waals surface area contributed by atoms with E-state index in [2.05, 4.69) is 5.32 Å². The van der Waals surface area contributed by atoms with Gasteiger partial charge in [-0.15, -0.1) is 0 Å². The Morgan fingerprint density at radius 2 is 2.06 bits per heavy atom. The molecule has 2 N–H and O–H groups in total. The third-order valence-corrected chi connectivity index (χ3v) is 3.80. The highest BCUT2D eigenvalue weighted by molar-refractivity contribution is 5.83. The second-order valence-corrected chi connectivity index (χ2v) is 5.29. The van der Waals surface area contributed by atoms with Crippen molar-refractivity contribution in [3.63, 3.8) is 0 Å². The fourth-order valence-corrected chi connectivity index (χ4v) is 2.54. The van der Waals surface area contributed by atoms with Gasteiger partial charge in [-0.3, -0.25) is 0 Å². The van der Waals surface area contributed by atoms with Crippen LogP contribution < -0.4 is 5.32 Å². The van der Waals surface area contributed by atoms with Gasteiger partial charge < -0.3 is 20.1 Å². The molecular formula is C12H20N2O4. The van der Waals surface area contributed by atoms with Crippen molar-refractivity contribution < 1.29 is 19.4 Å². The number of urea groups is 1. The molecule has 1 unspecified atom stereocenters. The summed E-state index contributed by atoms with van der Waals surface area (Å²) in [5.74, 6) is -0.917. The van der Waals surface area contributed by atoms with E-state index in [1.54, 1.807) is 0 Å². The average molecular weight is 256 g/mol. The van der Waals surface area contributed by atoms with Crippen LogP contribution in [-0.4, -0.2) is 53.3 Å². The molecule has 18 heavy (non-hydrogen) atoms. The summed E-state index contributed by atoms with van der Waals surface area (Å²) >= 11 is 0. The van der Waals surface area contributed by atoms with Crippen molar-refractivity contribution >= 4 is 12.0 Å². The lowest BCUT2D eigenvalue weighted by atomic mass is 9.93. The fraction of sp³-hybridized carbons (Fsp3) is 0.833. The number of rotatable bonds is 2. The van der Waals surface area contributed by atoms with Crippen LogP contribution in [0.15, 0.2) is 0 Å². The Morgan fingerprint density at radius 3 is 2.67 bits per heavy atom. The van der Waals surface area contributed by atoms with Gasteiger partial charge >= 0.3 is 12.0 Å². The summed E-state index contributed by atoms with van der Waals surface area (Å²) in [5.41, 5.74) is -0.277. The highest BCUT2D eigenvalue weighted by Gasteiger charge is 2.37. The first-order valence-corrected chi connectivity index (χ1v) is 6.41. The molecule has 2 amide bonds. The first-order valence-electron chi connectivity index (χ1n) is 6.41. The van der Waals surface area contributed by atoms with Gasteiger partial charge in [0.25, 0.3) is 0 Å². The summed E-state index contributed by atoms with van der Waals surface area (Å²) in [6.45, 7) is 3.78. The number of carboxylic acid groups (broad SMARTS) is 1. The standard InChI is InChI=1S/C12H20N2O4/c1-12(4-7-18-8-5-12)13-11(17)14-6-2-3-9(14)10(15)16/h9H,2-8H2,1H3,(H,13,17)(H,15,16). The molecule has 2 heterocycles. The number of amides is 2. The highest BCUT2D eigenvalue weighted by Crippen LogP contribution is 2.22. The highest BCUT2D eigenvalue weighted by atomic mass is 16.5. The van der Waals surface area contributed by atoms with Gasteiger partial charge in [-0.05, 0) is 32.6 Å². The van der Waals surface area contributed by atoms with E-state index in [0.717, 1.165) is 19.3 Å². The number of hydrogen-bond acceptors (Lipinski definition) is 3. The molecule has 2 fully saturated rings. The molecule has 2 aliphatic heterocycles. The minimum atomic E-state index is -0.917. The molecule has 0 spiro atoms. The van der Waals surface area contributed by atoms with Crippen LogP contribution in [0.5, 0.6) is 0 Å². The van der Waals surface area contributed by atoms with E-state index >= 15 is 0 Å². The first kappa shape index (κ1) is 13.1. The van der Waals surface area contributed by atoms with Gasteiger partial charge in [0.2, 0.25) is 0 Å². The van der Waals surface area contributed by atoms with Crippen molar-refractivity contribution in [2.24, 2.45) is 0 Å². The maximum absolute atomic E-state index is 12.1. The van der Waals surface area contributed by atoms with Crippen molar-refractivity contribution in [1.29, 1.82) is 0 Å². The fourth-order valence-electron chi connectivity index (χ4n) is 2.54. The molecule has 2 rings (SSSR count). The molecular weight excluding hydrogens is 236 g/mol. The molecule has 0 aromatic heterocycles. The van der Waals surface area contributed by atoms with Crippen LogP contribution in [-0.2, 0) is 9.53 Å². The third-order valence-electron chi connectivity index (χ3n) is 3.80. The Bertz CT molecular complexity index is 339. The molecule has 6 nitrogen and oxygen atoms in total. The predicted octanol–water partition coefficient (Wildman–Crippen LogP) is 0.814. The Labute approximate surface area is 106 Å². The van der Waals surface area contributed by atoms with E-state index in [0.29, 0.717) is 26.2 Å². The van der Waals surface area contributed by atoms with E-state index in [1.165, 1.54) is 4.90 Å². The molecule has 0 bridgehead atoms. The van der Waals surface area contributed by atoms with Crippen LogP contribution in [0.3, 0.4) is 0 Å². The summed E-state index contributed by atoms with van der Waals surface area (Å²) in [5, 5.41) is 12.0. The number of aliphatic carboxylic acids is 1. The Hall–Kier alpha value is -1.30. The minimum absolute atomic E-state index is 0.260.